The first-order chi connectivity index (χ1) is 50.8. The number of primary amides is 1. The quantitative estimate of drug-likeness (QED) is 0.0118. The third-order valence-electron chi connectivity index (χ3n) is 19.8. The van der Waals surface area contributed by atoms with Gasteiger partial charge in [-0.1, -0.05) is 83.7 Å². The van der Waals surface area contributed by atoms with Crippen molar-refractivity contribution in [2.24, 2.45) is 17.1 Å². The number of rotatable bonds is 39. The fourth-order valence-electron chi connectivity index (χ4n) is 13.3. The molecule has 3 aliphatic heterocycles. The molecule has 4 aliphatic rings. The van der Waals surface area contributed by atoms with E-state index in [9.17, 15) is 87.5 Å². The average molecular weight is 1500 g/mol. The number of aryl methyl sites for hydroxylation is 1. The number of ether oxygens (including phenoxy) is 3. The highest BCUT2D eigenvalue weighted by Crippen LogP contribution is 2.46. The summed E-state index contributed by atoms with van der Waals surface area (Å²) in [5.74, 6) is -12.3. The zero-order valence-electron chi connectivity index (χ0n) is 60.2. The molecule has 1 fully saturated rings. The van der Waals surface area contributed by atoms with Crippen molar-refractivity contribution < 1.29 is 101 Å². The maximum Gasteiger partial charge on any atom is 0.343 e. The molecule has 2 aromatic carbocycles. The van der Waals surface area contributed by atoms with E-state index in [2.05, 4.69) is 53.2 Å². The molecule has 107 heavy (non-hydrogen) atoms. The number of esters is 1. The third-order valence-corrected chi connectivity index (χ3v) is 19.8. The summed E-state index contributed by atoms with van der Waals surface area (Å²) in [5, 5.41) is 67.6. The number of cyclic esters (lactones) is 1. The normalized spacial score (nSPS) is 19.0. The van der Waals surface area contributed by atoms with Crippen molar-refractivity contribution in [1.29, 1.82) is 0 Å². The van der Waals surface area contributed by atoms with Gasteiger partial charge in [-0.25, -0.2) is 14.2 Å². The Balaban J connectivity index is 0.814. The first-order valence-electron chi connectivity index (χ1n) is 35.6. The van der Waals surface area contributed by atoms with Crippen LogP contribution in [0.1, 0.15) is 150 Å². The highest BCUT2D eigenvalue weighted by Gasteiger charge is 2.48. The van der Waals surface area contributed by atoms with Gasteiger partial charge < -0.3 is 98.1 Å². The van der Waals surface area contributed by atoms with Gasteiger partial charge in [0.15, 0.2) is 5.60 Å². The molecule has 0 saturated carbocycles. The number of hydrogen-bond donors (Lipinski definition) is 15. The molecule has 11 amide bonds. The van der Waals surface area contributed by atoms with Crippen molar-refractivity contribution in [3.05, 3.63) is 97.6 Å². The number of amides is 11. The van der Waals surface area contributed by atoms with Gasteiger partial charge in [0.1, 0.15) is 56.2 Å². The lowest BCUT2D eigenvalue weighted by Crippen LogP contribution is -2.53. The van der Waals surface area contributed by atoms with Crippen molar-refractivity contribution >= 4 is 87.8 Å². The number of nitrogens with two attached hydrogens (primary N) is 1. The SMILES string of the molecule is CCCCCC[C@@]1(O)C(=O)OCc2c1cc1n(c2=O)Cc2c-1nc1cc(F)c(C)c3c1c2[C@@H](NC(=O)COCNC(=O)CNC(=O)[C@H](Cc1ccccc1)NC(=O)CNC(=O)CNC(=O)[C@H](CCC(=O)NC[C@H]1O[C@@H](CC(N)=O)[C@H](O)[C@@H]1O)NC(=O)CCNC(=O)CNC(=O)CC(C(=O)O)C(C)(C)CC)CC3. The molecule has 0 bridgehead atoms. The van der Waals surface area contributed by atoms with Crippen LogP contribution in [0.5, 0.6) is 0 Å². The van der Waals surface area contributed by atoms with Gasteiger partial charge in [0.05, 0.1) is 79.7 Å². The van der Waals surface area contributed by atoms with E-state index >= 15 is 4.39 Å². The van der Waals surface area contributed by atoms with Crippen LogP contribution in [0.25, 0.3) is 22.3 Å². The van der Waals surface area contributed by atoms with Gasteiger partial charge in [0, 0.05) is 61.4 Å². The van der Waals surface area contributed by atoms with Crippen LogP contribution < -0.4 is 64.5 Å². The van der Waals surface area contributed by atoms with E-state index in [4.69, 9.17) is 24.9 Å². The second-order valence-electron chi connectivity index (χ2n) is 27.7. The van der Waals surface area contributed by atoms with Gasteiger partial charge in [-0.05, 0) is 72.8 Å². The van der Waals surface area contributed by atoms with Crippen LogP contribution in [-0.2, 0) is 108 Å². The number of halogens is 1. The van der Waals surface area contributed by atoms with Crippen LogP contribution in [0.2, 0.25) is 0 Å². The molecule has 8 rings (SSSR count). The highest BCUT2D eigenvalue weighted by molar-refractivity contribution is 5.96. The van der Waals surface area contributed by atoms with Crippen LogP contribution in [0.3, 0.4) is 0 Å². The topological polar surface area (TPSA) is 512 Å². The summed E-state index contributed by atoms with van der Waals surface area (Å²) >= 11 is 0. The second kappa shape index (κ2) is 37.3. The molecule has 580 valence electrons. The maximum atomic E-state index is 15.6. The van der Waals surface area contributed by atoms with Gasteiger partial charge in [-0.3, -0.25) is 62.3 Å². The number of aromatic nitrogens is 2. The summed E-state index contributed by atoms with van der Waals surface area (Å²) < 4.78 is 33.5. The minimum Gasteiger partial charge on any atom is -0.481 e. The van der Waals surface area contributed by atoms with Crippen LogP contribution in [0.4, 0.5) is 4.39 Å². The van der Waals surface area contributed by atoms with Crippen LogP contribution in [0, 0.1) is 24.1 Å². The molecule has 1 saturated heterocycles. The Labute approximate surface area is 614 Å². The summed E-state index contributed by atoms with van der Waals surface area (Å²) in [6, 6.07) is 7.81. The van der Waals surface area contributed by atoms with E-state index in [-0.39, 0.29) is 55.7 Å². The summed E-state index contributed by atoms with van der Waals surface area (Å²) in [4.78, 5) is 188. The van der Waals surface area contributed by atoms with Gasteiger partial charge in [-0.2, -0.15) is 0 Å². The molecule has 1 aliphatic carbocycles. The standard InChI is InChI=1S/C72H94FN13O21/c1-6-8-9-13-21-72(104)42-24-49-63-40(33-86(49)68(100)41(42)34-106-70(72)103)62-45(17-16-39-37(3)44(73)26-47(85-63)61(39)62)82-60(95)35-105-36-81-58(93)31-80-67(99)48(23-38-14-11-10-12-15-38)84-59(94)32-78-57(92)30-79-66(98)46(18-19-53(88)76-28-51-65(97)64(96)50(107-51)27-52(74)87)83-54(89)20-22-75-56(91)29-77-55(90)25-43(69(101)102)71(4,5)7-2/h10-12,14-15,24,26,43,45-46,48,50-51,64-65,96-97,104H,6-9,13,16-23,25,27-36H2,1-5H3,(H2,74,87)(H,75,91)(H,76,88)(H,77,90)(H,78,92)(H,79,98)(H,80,99)(H,81,93)(H,82,95)(H,83,89)(H,84,94)(H,101,102)/t43?,45-,46-,48-,50-,51+,64-,65+,72-/m0/s1. The smallest absolute Gasteiger partial charge is 0.343 e. The van der Waals surface area contributed by atoms with E-state index in [1.165, 1.54) is 10.6 Å². The Morgan fingerprint density at radius 1 is 0.757 bits per heavy atom. The number of carboxylic acid groups (broad SMARTS) is 1. The lowest BCUT2D eigenvalue weighted by Gasteiger charge is -2.32. The number of nitrogens with zero attached hydrogens (tertiary/aromatic N) is 2. The first-order valence-corrected chi connectivity index (χ1v) is 35.6. The van der Waals surface area contributed by atoms with Gasteiger partial charge in [0.2, 0.25) is 65.0 Å². The summed E-state index contributed by atoms with van der Waals surface area (Å²) in [5.41, 5.74) is 5.98. The number of hydrogen-bond acceptors (Lipinski definition) is 21. The average Bonchev–Trinajstić information content (AvgIpc) is 1.60. The number of carboxylic acids is 1. The molecule has 34 nitrogen and oxygen atoms in total. The first kappa shape index (κ1) is 82.3. The predicted molar refractivity (Wildman–Crippen MR) is 376 cm³/mol. The lowest BCUT2D eigenvalue weighted by atomic mass is 9.75. The number of aliphatic carboxylic acids is 1. The zero-order valence-corrected chi connectivity index (χ0v) is 60.2. The number of fused-ring (bicyclic) bond motifs is 5. The number of benzene rings is 2. The van der Waals surface area contributed by atoms with Crippen molar-refractivity contribution in [3.63, 3.8) is 0 Å². The van der Waals surface area contributed by atoms with E-state index in [0.29, 0.717) is 70.3 Å². The van der Waals surface area contributed by atoms with E-state index in [0.717, 1.165) is 19.3 Å². The minimum atomic E-state index is -2.08. The van der Waals surface area contributed by atoms with Gasteiger partial charge in [0.25, 0.3) is 5.56 Å². The molecule has 35 heteroatoms. The maximum absolute atomic E-state index is 15.6. The molecule has 0 spiro atoms. The molecule has 1 unspecified atom stereocenters. The Kier molecular flexibility index (Phi) is 28.7. The number of unbranched alkanes of at least 4 members (excludes halogenated alkanes) is 3. The van der Waals surface area contributed by atoms with Crippen molar-refractivity contribution in [2.75, 3.05) is 52.6 Å². The number of nitrogens with one attached hydrogen (secondary N) is 10. The second-order valence-corrected chi connectivity index (χ2v) is 27.7. The Hall–Kier alpha value is -10.4. The molecular weight excluding hydrogens is 1400 g/mol. The fourth-order valence-corrected chi connectivity index (χ4v) is 13.3. The monoisotopic (exact) mass is 1500 g/mol. The van der Waals surface area contributed by atoms with Crippen molar-refractivity contribution in [3.8, 4) is 11.4 Å². The predicted octanol–water partition coefficient (Wildman–Crippen LogP) is -1.75. The molecule has 2 aromatic heterocycles. The Bertz CT molecular complexity index is 4120. The third kappa shape index (κ3) is 21.3. The number of aliphatic hydroxyl groups excluding tert-OH is 2. The van der Waals surface area contributed by atoms with Gasteiger partial charge >= 0.3 is 11.9 Å². The largest absolute Gasteiger partial charge is 0.481 e. The van der Waals surface area contributed by atoms with Crippen LogP contribution in [0.15, 0.2) is 47.3 Å². The van der Waals surface area contributed by atoms with Crippen molar-refractivity contribution in [1.82, 2.24) is 62.7 Å². The Morgan fingerprint density at radius 3 is 2.10 bits per heavy atom. The molecule has 9 atom stereocenters. The molecule has 16 N–H and O–H groups in total. The molecule has 5 heterocycles. The molecule has 0 radical (unpaired) electrons. The molecule has 4 aromatic rings. The summed E-state index contributed by atoms with van der Waals surface area (Å²) in [6.45, 7) is 4.12. The van der Waals surface area contributed by atoms with Gasteiger partial charge in [-0.15, -0.1) is 0 Å². The van der Waals surface area contributed by atoms with Crippen molar-refractivity contribution in [2.45, 2.75) is 186 Å². The minimum absolute atomic E-state index is 0.0129. The summed E-state index contributed by atoms with van der Waals surface area (Å²) in [6.07, 6.45) is -3.29. The zero-order chi connectivity index (χ0) is 78.0. The lowest BCUT2D eigenvalue weighted by molar-refractivity contribution is -0.173. The van der Waals surface area contributed by atoms with Crippen LogP contribution in [-0.4, -0.2) is 196 Å². The number of carbonyl (C=O) groups excluding carboxylic acids is 12. The fraction of sp³-hybridized carbons (Fsp3) is 0.542. The van der Waals surface area contributed by atoms with E-state index in [1.54, 1.807) is 64.1 Å². The molecular formula is C72H94FN13O21. The Morgan fingerprint density at radius 2 is 1.41 bits per heavy atom. The van der Waals surface area contributed by atoms with E-state index in [1.807, 2.05) is 6.92 Å². The number of carbonyl (C=O) groups is 13. The number of aliphatic hydroxyl groups is 3. The van der Waals surface area contributed by atoms with Crippen LogP contribution >= 0.6 is 0 Å². The highest BCUT2D eigenvalue weighted by atomic mass is 19.1. The summed E-state index contributed by atoms with van der Waals surface area (Å²) in [7, 11) is 0. The number of pyridine rings is 2. The van der Waals surface area contributed by atoms with E-state index < -0.39 is 219 Å².